The van der Waals surface area contributed by atoms with E-state index in [1.165, 1.54) is 12.3 Å². The van der Waals surface area contributed by atoms with Crippen LogP contribution in [0.1, 0.15) is 24.5 Å². The van der Waals surface area contributed by atoms with Gasteiger partial charge in [0.25, 0.3) is 0 Å². The minimum Gasteiger partial charge on any atom is -0.468 e. The molecule has 6 atom stereocenters. The molecule has 0 radical (unpaired) electrons. The summed E-state index contributed by atoms with van der Waals surface area (Å²) < 4.78 is 26.5. The third-order valence-corrected chi connectivity index (χ3v) is 6.52. The SMILES string of the molecule is O=C1C=CC(Br)C2(C1F)C(c1ccco1)C(=O)OC1C=CCCC12. The molecule has 0 N–H and O–H groups in total. The number of ketones is 1. The van der Waals surface area contributed by atoms with Crippen molar-refractivity contribution in [3.63, 3.8) is 0 Å². The van der Waals surface area contributed by atoms with Gasteiger partial charge < -0.3 is 9.15 Å². The average molecular weight is 395 g/mol. The number of carbonyl (C=O) groups is 2. The Balaban J connectivity index is 1.95. The Labute approximate surface area is 146 Å². The first-order valence-corrected chi connectivity index (χ1v) is 8.89. The second-order valence-electron chi connectivity index (χ2n) is 6.49. The monoisotopic (exact) mass is 394 g/mol. The maximum absolute atomic E-state index is 15.5. The molecular formula is C18H16BrFO4. The molecule has 2 heterocycles. The van der Waals surface area contributed by atoms with Crippen molar-refractivity contribution in [2.45, 2.75) is 35.9 Å². The molecule has 1 spiro atoms. The van der Waals surface area contributed by atoms with E-state index >= 15 is 4.39 Å². The van der Waals surface area contributed by atoms with E-state index in [-0.39, 0.29) is 5.92 Å². The number of ether oxygens (including phenoxy) is 1. The van der Waals surface area contributed by atoms with Gasteiger partial charge >= 0.3 is 5.97 Å². The molecule has 126 valence electrons. The van der Waals surface area contributed by atoms with Gasteiger partial charge in [-0.1, -0.05) is 28.1 Å². The van der Waals surface area contributed by atoms with Crippen LogP contribution in [0, 0.1) is 11.3 Å². The lowest BCUT2D eigenvalue weighted by Gasteiger charge is -2.54. The molecule has 0 amide bonds. The Morgan fingerprint density at radius 2 is 2.12 bits per heavy atom. The lowest BCUT2D eigenvalue weighted by Crippen LogP contribution is -2.63. The van der Waals surface area contributed by atoms with Crippen LogP contribution < -0.4 is 0 Å². The van der Waals surface area contributed by atoms with E-state index in [0.29, 0.717) is 12.2 Å². The fourth-order valence-corrected chi connectivity index (χ4v) is 5.40. The standard InChI is InChI=1S/C18H16BrFO4/c19-14-8-7-11(21)16(20)18(14)10-4-1-2-5-12(10)24-17(22)15(18)13-6-3-9-23-13/h2-3,5-10,12,14-16H,1,4H2. The molecular weight excluding hydrogens is 379 g/mol. The van der Waals surface area contributed by atoms with Gasteiger partial charge in [-0.2, -0.15) is 0 Å². The number of halogens is 2. The Hall–Kier alpha value is -1.69. The molecule has 6 unspecified atom stereocenters. The Bertz CT molecular complexity index is 725. The van der Waals surface area contributed by atoms with E-state index in [0.717, 1.165) is 6.42 Å². The van der Waals surface area contributed by atoms with Crippen LogP contribution in [0.4, 0.5) is 4.39 Å². The summed E-state index contributed by atoms with van der Waals surface area (Å²) in [5.74, 6) is -2.08. The lowest BCUT2D eigenvalue weighted by atomic mass is 9.54. The van der Waals surface area contributed by atoms with Crippen molar-refractivity contribution in [3.8, 4) is 0 Å². The van der Waals surface area contributed by atoms with Crippen LogP contribution in [0.15, 0.2) is 47.1 Å². The summed E-state index contributed by atoms with van der Waals surface area (Å²) in [6.45, 7) is 0. The molecule has 0 aromatic carbocycles. The van der Waals surface area contributed by atoms with E-state index in [1.54, 1.807) is 24.3 Å². The largest absolute Gasteiger partial charge is 0.468 e. The van der Waals surface area contributed by atoms with Gasteiger partial charge in [0.05, 0.1) is 11.7 Å². The predicted molar refractivity (Wildman–Crippen MR) is 87.4 cm³/mol. The van der Waals surface area contributed by atoms with Gasteiger partial charge in [-0.15, -0.1) is 0 Å². The van der Waals surface area contributed by atoms with Crippen LogP contribution in [-0.4, -0.2) is 28.9 Å². The van der Waals surface area contributed by atoms with Gasteiger partial charge in [-0.3, -0.25) is 9.59 Å². The van der Waals surface area contributed by atoms with Crippen molar-refractivity contribution in [2.75, 3.05) is 0 Å². The zero-order valence-corrected chi connectivity index (χ0v) is 14.3. The summed E-state index contributed by atoms with van der Waals surface area (Å²) >= 11 is 3.54. The molecule has 3 aliphatic rings. The first-order chi connectivity index (χ1) is 11.6. The van der Waals surface area contributed by atoms with Gasteiger partial charge in [0, 0.05) is 10.7 Å². The Morgan fingerprint density at radius 3 is 2.88 bits per heavy atom. The molecule has 24 heavy (non-hydrogen) atoms. The number of hydrogen-bond donors (Lipinski definition) is 0. The van der Waals surface area contributed by atoms with Crippen LogP contribution in [0.3, 0.4) is 0 Å². The van der Waals surface area contributed by atoms with Crippen LogP contribution in [0.5, 0.6) is 0 Å². The zero-order chi connectivity index (χ0) is 16.9. The topological polar surface area (TPSA) is 56.5 Å². The second kappa shape index (κ2) is 5.69. The highest BCUT2D eigenvalue weighted by Gasteiger charge is 2.66. The van der Waals surface area contributed by atoms with Gasteiger partial charge in [-0.25, -0.2) is 4.39 Å². The molecule has 4 nitrogen and oxygen atoms in total. The van der Waals surface area contributed by atoms with Crippen molar-refractivity contribution in [3.05, 3.63) is 48.5 Å². The van der Waals surface area contributed by atoms with Crippen molar-refractivity contribution < 1.29 is 23.1 Å². The van der Waals surface area contributed by atoms with Crippen molar-refractivity contribution in [1.82, 2.24) is 0 Å². The van der Waals surface area contributed by atoms with E-state index in [4.69, 9.17) is 9.15 Å². The van der Waals surface area contributed by atoms with E-state index < -0.39 is 40.2 Å². The van der Waals surface area contributed by atoms with Crippen molar-refractivity contribution >= 4 is 27.7 Å². The van der Waals surface area contributed by atoms with Crippen LogP contribution >= 0.6 is 15.9 Å². The van der Waals surface area contributed by atoms with E-state index in [9.17, 15) is 9.59 Å². The number of hydrogen-bond acceptors (Lipinski definition) is 4. The summed E-state index contributed by atoms with van der Waals surface area (Å²) in [4.78, 5) is 24.5. The summed E-state index contributed by atoms with van der Waals surface area (Å²) in [6, 6.07) is 3.29. The number of carbonyl (C=O) groups excluding carboxylic acids is 2. The number of alkyl halides is 2. The van der Waals surface area contributed by atoms with Crippen LogP contribution in [-0.2, 0) is 14.3 Å². The number of furan rings is 1. The summed E-state index contributed by atoms with van der Waals surface area (Å²) in [6.07, 6.45) is 7.17. The first kappa shape index (κ1) is 15.8. The maximum atomic E-state index is 15.5. The minimum atomic E-state index is -1.80. The molecule has 1 aromatic rings. The Kier molecular flexibility index (Phi) is 3.75. The van der Waals surface area contributed by atoms with E-state index in [1.807, 2.05) is 6.08 Å². The number of esters is 1. The lowest BCUT2D eigenvalue weighted by molar-refractivity contribution is -0.181. The zero-order valence-electron chi connectivity index (χ0n) is 12.7. The van der Waals surface area contributed by atoms with E-state index in [2.05, 4.69) is 15.9 Å². The summed E-state index contributed by atoms with van der Waals surface area (Å²) in [5.41, 5.74) is -1.26. The number of allylic oxidation sites excluding steroid dienone is 3. The third-order valence-electron chi connectivity index (χ3n) is 5.42. The number of rotatable bonds is 1. The molecule has 1 aliphatic heterocycles. The molecule has 2 aliphatic carbocycles. The molecule has 4 rings (SSSR count). The smallest absolute Gasteiger partial charge is 0.318 e. The molecule has 1 aromatic heterocycles. The normalized spacial score (nSPS) is 41.3. The number of fused-ring (bicyclic) bond motifs is 2. The molecule has 1 fully saturated rings. The summed E-state index contributed by atoms with van der Waals surface area (Å²) in [5, 5.41) is 0. The third kappa shape index (κ3) is 2.01. The fraction of sp³-hybridized carbons (Fsp3) is 0.444. The average Bonchev–Trinajstić information content (AvgIpc) is 3.10. The van der Waals surface area contributed by atoms with Gasteiger partial charge in [0.2, 0.25) is 0 Å². The molecule has 0 bridgehead atoms. The van der Waals surface area contributed by atoms with Crippen LogP contribution in [0.2, 0.25) is 0 Å². The molecule has 6 heteroatoms. The molecule has 0 saturated carbocycles. The van der Waals surface area contributed by atoms with Crippen molar-refractivity contribution in [2.24, 2.45) is 11.3 Å². The highest BCUT2D eigenvalue weighted by molar-refractivity contribution is 9.09. The van der Waals surface area contributed by atoms with Crippen LogP contribution in [0.25, 0.3) is 0 Å². The Morgan fingerprint density at radius 1 is 1.29 bits per heavy atom. The summed E-state index contributed by atoms with van der Waals surface area (Å²) in [7, 11) is 0. The predicted octanol–water partition coefficient (Wildman–Crippen LogP) is 3.48. The van der Waals surface area contributed by atoms with Gasteiger partial charge in [0.15, 0.2) is 12.0 Å². The minimum absolute atomic E-state index is 0.302. The highest BCUT2D eigenvalue weighted by atomic mass is 79.9. The van der Waals surface area contributed by atoms with Gasteiger partial charge in [-0.05, 0) is 37.1 Å². The first-order valence-electron chi connectivity index (χ1n) is 7.97. The fourth-order valence-electron chi connectivity index (χ4n) is 4.41. The molecule has 1 saturated heterocycles. The van der Waals surface area contributed by atoms with Crippen molar-refractivity contribution in [1.29, 1.82) is 0 Å². The second-order valence-corrected chi connectivity index (χ2v) is 7.47. The van der Waals surface area contributed by atoms with Gasteiger partial charge in [0.1, 0.15) is 17.8 Å². The highest BCUT2D eigenvalue weighted by Crippen LogP contribution is 2.60. The quantitative estimate of drug-likeness (QED) is 0.415. The maximum Gasteiger partial charge on any atom is 0.318 e.